The highest BCUT2D eigenvalue weighted by atomic mass is 127. The molecule has 0 saturated carbocycles. The molecule has 5 nitrogen and oxygen atoms in total. The van der Waals surface area contributed by atoms with Gasteiger partial charge in [-0.3, -0.25) is 4.79 Å². The summed E-state index contributed by atoms with van der Waals surface area (Å²) in [5, 5.41) is 25.9. The molecule has 3 atom stereocenters. The minimum Gasteiger partial charge on any atom is -0.396 e. The number of carbonyl (C=O) groups is 1. The zero-order valence-corrected chi connectivity index (χ0v) is 18.2. The zero-order valence-electron chi connectivity index (χ0n) is 16.0. The minimum atomic E-state index is -1.01. The Morgan fingerprint density at radius 2 is 1.86 bits per heavy atom. The quantitative estimate of drug-likeness (QED) is 0.365. The number of hydrogen-bond acceptors (Lipinski definition) is 4. The Balaban J connectivity index is 2.09. The van der Waals surface area contributed by atoms with Crippen molar-refractivity contribution in [1.82, 2.24) is 10.6 Å². The molecule has 0 heterocycles. The Bertz CT molecular complexity index is 802. The van der Waals surface area contributed by atoms with Crippen LogP contribution in [0.4, 0.5) is 8.78 Å². The van der Waals surface area contributed by atoms with E-state index in [1.165, 1.54) is 19.1 Å². The van der Waals surface area contributed by atoms with Crippen LogP contribution in [0.25, 0.3) is 0 Å². The number of aliphatic hydroxyl groups excluding tert-OH is 2. The van der Waals surface area contributed by atoms with E-state index < -0.39 is 23.8 Å². The average molecular weight is 518 g/mol. The summed E-state index contributed by atoms with van der Waals surface area (Å²) in [6, 6.07) is 10.0. The molecule has 0 radical (unpaired) electrons. The Morgan fingerprint density at radius 1 is 1.17 bits per heavy atom. The average Bonchev–Trinajstić information content (AvgIpc) is 2.63. The van der Waals surface area contributed by atoms with Crippen LogP contribution < -0.4 is 10.6 Å². The van der Waals surface area contributed by atoms with Crippen LogP contribution in [0.5, 0.6) is 0 Å². The molecule has 0 spiro atoms. The molecular formula is C21H25F2IN2O3. The second kappa shape index (κ2) is 11.5. The van der Waals surface area contributed by atoms with E-state index >= 15 is 0 Å². The summed E-state index contributed by atoms with van der Waals surface area (Å²) in [7, 11) is 0. The maximum Gasteiger partial charge on any atom is 0.217 e. The van der Waals surface area contributed by atoms with Crippen molar-refractivity contribution in [3.63, 3.8) is 0 Å². The van der Waals surface area contributed by atoms with E-state index in [9.17, 15) is 23.8 Å². The second-order valence-corrected chi connectivity index (χ2v) is 8.13. The Morgan fingerprint density at radius 3 is 2.45 bits per heavy atom. The van der Waals surface area contributed by atoms with Crippen molar-refractivity contribution in [2.75, 3.05) is 13.2 Å². The molecule has 2 rings (SSSR count). The second-order valence-electron chi connectivity index (χ2n) is 6.88. The summed E-state index contributed by atoms with van der Waals surface area (Å²) < 4.78 is 28.0. The lowest BCUT2D eigenvalue weighted by Gasteiger charge is -2.27. The third-order valence-corrected chi connectivity index (χ3v) is 5.14. The molecule has 0 aliphatic rings. The van der Waals surface area contributed by atoms with Crippen LogP contribution in [0.3, 0.4) is 0 Å². The molecule has 1 amide bonds. The summed E-state index contributed by atoms with van der Waals surface area (Å²) in [5.74, 6) is -1.78. The molecule has 8 heteroatoms. The fourth-order valence-electron chi connectivity index (χ4n) is 3.17. The van der Waals surface area contributed by atoms with E-state index in [4.69, 9.17) is 0 Å². The van der Waals surface area contributed by atoms with Crippen LogP contribution in [0.2, 0.25) is 0 Å². The highest BCUT2D eigenvalue weighted by Crippen LogP contribution is 2.19. The molecule has 29 heavy (non-hydrogen) atoms. The monoisotopic (exact) mass is 518 g/mol. The summed E-state index contributed by atoms with van der Waals surface area (Å²) in [4.78, 5) is 11.6. The van der Waals surface area contributed by atoms with Crippen LogP contribution in [-0.2, 0) is 11.2 Å². The Labute approximate surface area is 182 Å². The van der Waals surface area contributed by atoms with Gasteiger partial charge >= 0.3 is 0 Å². The van der Waals surface area contributed by atoms with Gasteiger partial charge in [0, 0.05) is 35.8 Å². The highest BCUT2D eigenvalue weighted by molar-refractivity contribution is 14.1. The first kappa shape index (κ1) is 23.7. The molecule has 3 unspecified atom stereocenters. The van der Waals surface area contributed by atoms with Crippen molar-refractivity contribution in [3.05, 3.63) is 68.8 Å². The van der Waals surface area contributed by atoms with Gasteiger partial charge in [-0.25, -0.2) is 8.78 Å². The van der Waals surface area contributed by atoms with E-state index in [0.29, 0.717) is 12.0 Å². The predicted molar refractivity (Wildman–Crippen MR) is 115 cm³/mol. The topological polar surface area (TPSA) is 81.6 Å². The number of carbonyl (C=O) groups excluding carboxylic acids is 1. The number of hydrogen-bond donors (Lipinski definition) is 4. The molecule has 0 aromatic heterocycles. The van der Waals surface area contributed by atoms with Crippen LogP contribution in [0.1, 0.15) is 30.5 Å². The Hall–Kier alpha value is -1.62. The Kier molecular flexibility index (Phi) is 9.41. The fourth-order valence-corrected chi connectivity index (χ4v) is 3.74. The van der Waals surface area contributed by atoms with Gasteiger partial charge in [0.15, 0.2) is 0 Å². The number of benzene rings is 2. The zero-order chi connectivity index (χ0) is 21.4. The first-order valence-electron chi connectivity index (χ1n) is 9.28. The van der Waals surface area contributed by atoms with Gasteiger partial charge in [-0.15, -0.1) is 0 Å². The fraction of sp³-hybridized carbons (Fsp3) is 0.381. The third-order valence-electron chi connectivity index (χ3n) is 4.47. The van der Waals surface area contributed by atoms with E-state index in [1.54, 1.807) is 0 Å². The number of nitrogens with one attached hydrogen (secondary N) is 2. The molecule has 0 aliphatic carbocycles. The van der Waals surface area contributed by atoms with Crippen LogP contribution >= 0.6 is 22.6 Å². The first-order valence-corrected chi connectivity index (χ1v) is 10.4. The van der Waals surface area contributed by atoms with Crippen LogP contribution in [0, 0.1) is 15.2 Å². The summed E-state index contributed by atoms with van der Waals surface area (Å²) in [6.07, 6.45) is -0.480. The van der Waals surface area contributed by atoms with Crippen LogP contribution in [0.15, 0.2) is 42.5 Å². The normalized spacial score (nSPS) is 14.3. The highest BCUT2D eigenvalue weighted by Gasteiger charge is 2.23. The molecule has 0 fully saturated rings. The van der Waals surface area contributed by atoms with Gasteiger partial charge < -0.3 is 20.8 Å². The number of rotatable bonds is 10. The van der Waals surface area contributed by atoms with Crippen molar-refractivity contribution in [3.8, 4) is 0 Å². The largest absolute Gasteiger partial charge is 0.396 e. The van der Waals surface area contributed by atoms with E-state index in [2.05, 4.69) is 33.2 Å². The van der Waals surface area contributed by atoms with E-state index in [0.717, 1.165) is 15.2 Å². The summed E-state index contributed by atoms with van der Waals surface area (Å²) in [5.41, 5.74) is 1.31. The van der Waals surface area contributed by atoms with Crippen molar-refractivity contribution in [1.29, 1.82) is 0 Å². The number of halogens is 3. The maximum absolute atomic E-state index is 13.5. The van der Waals surface area contributed by atoms with Gasteiger partial charge in [-0.2, -0.15) is 0 Å². The SMILES string of the molecule is CC(=O)NC(Cc1cc(F)cc(F)c1)C(O)CNC(CCO)c1cccc(I)c1. The van der Waals surface area contributed by atoms with Gasteiger partial charge in [-0.05, 0) is 70.8 Å². The minimum absolute atomic E-state index is 0.0308. The van der Waals surface area contributed by atoms with Crippen molar-refractivity contribution >= 4 is 28.5 Å². The molecule has 2 aromatic rings. The lowest BCUT2D eigenvalue weighted by Crippen LogP contribution is -2.48. The van der Waals surface area contributed by atoms with E-state index in [1.807, 2.05) is 24.3 Å². The first-order chi connectivity index (χ1) is 13.8. The van der Waals surface area contributed by atoms with Gasteiger partial charge in [0.05, 0.1) is 12.1 Å². The molecular weight excluding hydrogens is 493 g/mol. The van der Waals surface area contributed by atoms with E-state index in [-0.39, 0.29) is 31.5 Å². The molecule has 0 saturated heterocycles. The summed E-state index contributed by atoms with van der Waals surface area (Å²) >= 11 is 2.20. The number of aliphatic hydroxyl groups is 2. The predicted octanol–water partition coefficient (Wildman–Crippen LogP) is 2.69. The van der Waals surface area contributed by atoms with Crippen LogP contribution in [-0.4, -0.2) is 41.4 Å². The molecule has 0 bridgehead atoms. The summed E-state index contributed by atoms with van der Waals surface area (Å²) in [6.45, 7) is 1.41. The van der Waals surface area contributed by atoms with Gasteiger partial charge in [-0.1, -0.05) is 12.1 Å². The molecule has 158 valence electrons. The van der Waals surface area contributed by atoms with Crippen molar-refractivity contribution in [2.45, 2.75) is 38.0 Å². The van der Waals surface area contributed by atoms with Gasteiger partial charge in [0.2, 0.25) is 5.91 Å². The standard InChI is InChI=1S/C21H25F2IN2O3/c1-13(28)26-20(9-14-7-16(22)11-17(23)8-14)21(29)12-25-19(5-6-27)15-3-2-4-18(24)10-15/h2-4,7-8,10-11,19-21,25,27,29H,5-6,9,12H2,1H3,(H,26,28). The third kappa shape index (κ3) is 7.96. The molecule has 4 N–H and O–H groups in total. The smallest absolute Gasteiger partial charge is 0.217 e. The lowest BCUT2D eigenvalue weighted by atomic mass is 9.99. The molecule has 0 aliphatic heterocycles. The molecule has 2 aromatic carbocycles. The van der Waals surface area contributed by atoms with Crippen molar-refractivity contribution < 1.29 is 23.8 Å². The number of amides is 1. The van der Waals surface area contributed by atoms with Crippen molar-refractivity contribution in [2.24, 2.45) is 0 Å². The van der Waals surface area contributed by atoms with Gasteiger partial charge in [0.25, 0.3) is 0 Å². The lowest BCUT2D eigenvalue weighted by molar-refractivity contribution is -0.120. The maximum atomic E-state index is 13.5. The van der Waals surface area contributed by atoms with Gasteiger partial charge in [0.1, 0.15) is 11.6 Å².